The molecule has 0 aromatic heterocycles. The molecule has 31 heavy (non-hydrogen) atoms. The summed E-state index contributed by atoms with van der Waals surface area (Å²) in [6.07, 6.45) is -6.90. The molecule has 0 radical (unpaired) electrons. The number of benzene rings is 2. The van der Waals surface area contributed by atoms with Crippen LogP contribution in [0.15, 0.2) is 48.5 Å². The van der Waals surface area contributed by atoms with Crippen molar-refractivity contribution in [1.29, 1.82) is 0 Å². The molecule has 2 aromatic rings. The van der Waals surface area contributed by atoms with Crippen molar-refractivity contribution in [1.82, 2.24) is 0 Å². The third-order valence-electron chi connectivity index (χ3n) is 5.49. The number of carbonyl (C=O) groups is 1. The summed E-state index contributed by atoms with van der Waals surface area (Å²) in [6, 6.07) is 14.8. The average Bonchev–Trinajstić information content (AvgIpc) is 2.75. The molecule has 0 spiro atoms. The Kier molecular flexibility index (Phi) is 7.23. The molecule has 2 aromatic carbocycles. The fourth-order valence-corrected chi connectivity index (χ4v) is 3.65. The lowest BCUT2D eigenvalue weighted by Gasteiger charge is -2.31. The number of ether oxygens (including phenoxy) is 2. The number of hydrogen-bond acceptors (Lipinski definition) is 3. The quantitative estimate of drug-likeness (QED) is 0.368. The molecule has 168 valence electrons. The van der Waals surface area contributed by atoms with Crippen molar-refractivity contribution < 1.29 is 31.8 Å². The largest absolute Gasteiger partial charge is 0.489 e. The topological polar surface area (TPSA) is 35.5 Å². The van der Waals surface area contributed by atoms with Crippen LogP contribution in [0, 0.1) is 0 Å². The van der Waals surface area contributed by atoms with E-state index in [0.717, 1.165) is 11.1 Å². The van der Waals surface area contributed by atoms with Crippen molar-refractivity contribution >= 4 is 5.97 Å². The zero-order valence-corrected chi connectivity index (χ0v) is 17.4. The highest BCUT2D eigenvalue weighted by molar-refractivity contribution is 5.80. The van der Waals surface area contributed by atoms with E-state index < -0.39 is 23.9 Å². The second kappa shape index (κ2) is 9.71. The van der Waals surface area contributed by atoms with E-state index in [9.17, 15) is 18.0 Å². The Bertz CT molecular complexity index is 882. The van der Waals surface area contributed by atoms with E-state index in [0.29, 0.717) is 24.3 Å². The molecule has 2 atom stereocenters. The van der Waals surface area contributed by atoms with Gasteiger partial charge in [-0.3, -0.25) is 0 Å². The summed E-state index contributed by atoms with van der Waals surface area (Å²) in [7, 11) is 0. The lowest BCUT2D eigenvalue weighted by atomic mass is 9.81. The van der Waals surface area contributed by atoms with Crippen LogP contribution in [0.25, 0.3) is 0 Å². The van der Waals surface area contributed by atoms with Gasteiger partial charge in [-0.15, -0.1) is 0 Å². The Balaban J connectivity index is 1.65. The first-order valence-corrected chi connectivity index (χ1v) is 10.5. The summed E-state index contributed by atoms with van der Waals surface area (Å²) in [5.41, 5.74) is -0.0531. The van der Waals surface area contributed by atoms with Gasteiger partial charge in [0.2, 0.25) is 5.67 Å². The smallest absolute Gasteiger partial charge is 0.425 e. The summed E-state index contributed by atoms with van der Waals surface area (Å²) in [6.45, 7) is 2.12. The minimum absolute atomic E-state index is 0.217. The number of carbonyl (C=O) groups excluding carboxylic acids is 1. The van der Waals surface area contributed by atoms with Crippen molar-refractivity contribution in [3.63, 3.8) is 0 Å². The van der Waals surface area contributed by atoms with E-state index in [-0.39, 0.29) is 32.1 Å². The molecular weight excluding hydrogens is 412 g/mol. The van der Waals surface area contributed by atoms with Gasteiger partial charge in [-0.25, -0.2) is 9.18 Å². The van der Waals surface area contributed by atoms with E-state index >= 15 is 4.39 Å². The SMILES string of the molecule is CCCC[C@@H](OC(=O)C1(F)CCc2cc(OCc3ccccc3)ccc2C1)C(F)(F)F. The summed E-state index contributed by atoms with van der Waals surface area (Å²) in [5, 5.41) is 0. The lowest BCUT2D eigenvalue weighted by Crippen LogP contribution is -2.45. The van der Waals surface area contributed by atoms with Gasteiger partial charge >= 0.3 is 12.1 Å². The maximum atomic E-state index is 15.3. The van der Waals surface area contributed by atoms with Crippen LogP contribution in [0.3, 0.4) is 0 Å². The average molecular weight is 438 g/mol. The van der Waals surface area contributed by atoms with Gasteiger partial charge in [0.15, 0.2) is 6.10 Å². The van der Waals surface area contributed by atoms with Crippen LogP contribution >= 0.6 is 0 Å². The van der Waals surface area contributed by atoms with Crippen LogP contribution in [0.4, 0.5) is 17.6 Å². The molecular formula is C24H26F4O3. The van der Waals surface area contributed by atoms with Crippen LogP contribution in [0.5, 0.6) is 5.75 Å². The maximum absolute atomic E-state index is 15.3. The number of unbranched alkanes of at least 4 members (excludes halogenated alkanes) is 1. The molecule has 1 unspecified atom stereocenters. The molecule has 0 N–H and O–H groups in total. The van der Waals surface area contributed by atoms with Crippen molar-refractivity contribution in [2.75, 3.05) is 0 Å². The first-order valence-electron chi connectivity index (χ1n) is 10.5. The highest BCUT2D eigenvalue weighted by atomic mass is 19.4. The maximum Gasteiger partial charge on any atom is 0.425 e. The van der Waals surface area contributed by atoms with E-state index in [1.807, 2.05) is 30.3 Å². The van der Waals surface area contributed by atoms with Gasteiger partial charge in [0.1, 0.15) is 12.4 Å². The minimum Gasteiger partial charge on any atom is -0.489 e. The van der Waals surface area contributed by atoms with Crippen LogP contribution in [0.1, 0.15) is 49.3 Å². The van der Waals surface area contributed by atoms with Crippen molar-refractivity contribution in [2.45, 2.75) is 70.0 Å². The van der Waals surface area contributed by atoms with Crippen molar-refractivity contribution in [3.05, 3.63) is 65.2 Å². The highest BCUT2D eigenvalue weighted by Gasteiger charge is 2.48. The zero-order chi connectivity index (χ0) is 22.5. The Morgan fingerprint density at radius 1 is 1.13 bits per heavy atom. The summed E-state index contributed by atoms with van der Waals surface area (Å²) in [4.78, 5) is 12.4. The molecule has 1 aliphatic carbocycles. The van der Waals surface area contributed by atoms with Gasteiger partial charge in [-0.1, -0.05) is 49.7 Å². The molecule has 0 heterocycles. The monoisotopic (exact) mass is 438 g/mol. The van der Waals surface area contributed by atoms with Crippen LogP contribution in [-0.2, 0) is 29.0 Å². The molecule has 7 heteroatoms. The Hall–Kier alpha value is -2.57. The fourth-order valence-electron chi connectivity index (χ4n) is 3.65. The number of aryl methyl sites for hydroxylation is 1. The van der Waals surface area contributed by atoms with E-state index in [1.54, 1.807) is 25.1 Å². The Morgan fingerprint density at radius 2 is 1.87 bits per heavy atom. The fraction of sp³-hybridized carbons (Fsp3) is 0.458. The van der Waals surface area contributed by atoms with Crippen molar-refractivity contribution in [3.8, 4) is 5.75 Å². The molecule has 0 saturated heterocycles. The predicted molar refractivity (Wildman–Crippen MR) is 109 cm³/mol. The number of fused-ring (bicyclic) bond motifs is 1. The van der Waals surface area contributed by atoms with E-state index in [1.165, 1.54) is 0 Å². The molecule has 0 saturated carbocycles. The molecule has 0 bridgehead atoms. The number of hydrogen-bond donors (Lipinski definition) is 0. The summed E-state index contributed by atoms with van der Waals surface area (Å²) < 4.78 is 65.2. The number of rotatable bonds is 8. The molecule has 3 rings (SSSR count). The van der Waals surface area contributed by atoms with Gasteiger partial charge in [0, 0.05) is 6.42 Å². The van der Waals surface area contributed by atoms with E-state index in [2.05, 4.69) is 4.74 Å². The molecule has 3 nitrogen and oxygen atoms in total. The van der Waals surface area contributed by atoms with Crippen LogP contribution < -0.4 is 4.74 Å². The van der Waals surface area contributed by atoms with Crippen LogP contribution in [-0.4, -0.2) is 23.9 Å². The van der Waals surface area contributed by atoms with Crippen molar-refractivity contribution in [2.24, 2.45) is 0 Å². The summed E-state index contributed by atoms with van der Waals surface area (Å²) in [5.74, 6) is -0.811. The third-order valence-corrected chi connectivity index (χ3v) is 5.49. The molecule has 0 fully saturated rings. The Labute approximate surface area is 179 Å². The summed E-state index contributed by atoms with van der Waals surface area (Å²) >= 11 is 0. The standard InChI is InChI=1S/C24H26F4O3/c1-2-3-9-21(24(26,27)28)31-22(29)23(25)13-12-18-14-20(11-10-19(18)15-23)30-16-17-7-5-4-6-8-17/h4-8,10-11,14,21H,2-3,9,12-13,15-16H2,1H3/t21-,23?/m1/s1. The lowest BCUT2D eigenvalue weighted by molar-refractivity contribution is -0.229. The number of esters is 1. The molecule has 0 amide bonds. The normalized spacial score (nSPS) is 19.4. The van der Waals surface area contributed by atoms with E-state index in [4.69, 9.17) is 4.74 Å². The number of alkyl halides is 4. The number of halogens is 4. The third kappa shape index (κ3) is 5.99. The Morgan fingerprint density at radius 3 is 2.55 bits per heavy atom. The van der Waals surface area contributed by atoms with Gasteiger partial charge in [-0.05, 0) is 54.5 Å². The molecule has 1 aliphatic rings. The zero-order valence-electron chi connectivity index (χ0n) is 17.4. The predicted octanol–water partition coefficient (Wildman–Crippen LogP) is 6.13. The second-order valence-corrected chi connectivity index (χ2v) is 7.92. The molecule has 0 aliphatic heterocycles. The van der Waals surface area contributed by atoms with Crippen LogP contribution in [0.2, 0.25) is 0 Å². The minimum atomic E-state index is -4.71. The van der Waals surface area contributed by atoms with Gasteiger partial charge in [0.05, 0.1) is 0 Å². The highest BCUT2D eigenvalue weighted by Crippen LogP contribution is 2.36. The first kappa shape index (κ1) is 23.1. The van der Waals surface area contributed by atoms with Gasteiger partial charge < -0.3 is 9.47 Å². The van der Waals surface area contributed by atoms with Gasteiger partial charge in [0.25, 0.3) is 0 Å². The first-order chi connectivity index (χ1) is 14.7. The second-order valence-electron chi connectivity index (χ2n) is 7.92. The van der Waals surface area contributed by atoms with Gasteiger partial charge in [-0.2, -0.15) is 13.2 Å².